The van der Waals surface area contributed by atoms with E-state index >= 15 is 0 Å². The van der Waals surface area contributed by atoms with Crippen molar-refractivity contribution in [3.8, 4) is 5.75 Å². The molecule has 3 aromatic rings. The van der Waals surface area contributed by atoms with Crippen LogP contribution in [-0.4, -0.2) is 35.8 Å². The number of aromatic nitrogens is 2. The molecule has 0 bridgehead atoms. The first kappa shape index (κ1) is 20.9. The van der Waals surface area contributed by atoms with Crippen molar-refractivity contribution in [3.05, 3.63) is 61.9 Å². The predicted octanol–water partition coefficient (Wildman–Crippen LogP) is 0.931. The molecule has 0 saturated heterocycles. The summed E-state index contributed by atoms with van der Waals surface area (Å²) in [7, 11) is 1.46. The van der Waals surface area contributed by atoms with Crippen LogP contribution >= 0.6 is 0 Å². The summed E-state index contributed by atoms with van der Waals surface area (Å²) in [4.78, 5) is 49.4. The molecule has 2 aromatic heterocycles. The second-order valence-corrected chi connectivity index (χ2v) is 6.56. The van der Waals surface area contributed by atoms with E-state index in [4.69, 9.17) is 19.6 Å². The molecule has 1 aromatic carbocycles. The number of carbonyl (C=O) groups excluding carboxylic acids is 2. The number of methoxy groups -OCH3 is 1. The zero-order chi connectivity index (χ0) is 21.8. The summed E-state index contributed by atoms with van der Waals surface area (Å²) in [5, 5.41) is 5.23. The number of amides is 1. The van der Waals surface area contributed by atoms with Gasteiger partial charge < -0.3 is 24.7 Å². The van der Waals surface area contributed by atoms with Crippen LogP contribution in [0.15, 0.2) is 38.5 Å². The maximum atomic E-state index is 13.2. The van der Waals surface area contributed by atoms with Crippen LogP contribution in [0.2, 0.25) is 0 Å². The molecule has 1 atom stereocenters. The molecular weight excluding hydrogens is 394 g/mol. The van der Waals surface area contributed by atoms with Gasteiger partial charge in [-0.2, -0.15) is 0 Å². The largest absolute Gasteiger partial charge is 0.497 e. The van der Waals surface area contributed by atoms with E-state index in [1.165, 1.54) is 19.4 Å². The van der Waals surface area contributed by atoms with Gasteiger partial charge in [0.25, 0.3) is 5.56 Å². The van der Waals surface area contributed by atoms with Crippen LogP contribution in [0, 0.1) is 0 Å². The Labute approximate surface area is 170 Å². The Morgan fingerprint density at radius 1 is 1.23 bits per heavy atom. The topological polar surface area (TPSA) is 157 Å². The molecule has 2 heterocycles. The minimum atomic E-state index is -1.02. The monoisotopic (exact) mass is 415 g/mol. The fourth-order valence-corrected chi connectivity index (χ4v) is 3.33. The van der Waals surface area contributed by atoms with E-state index in [0.717, 1.165) is 0 Å². The third kappa shape index (κ3) is 4.12. The molecule has 3 rings (SSSR count). The van der Waals surface area contributed by atoms with Crippen molar-refractivity contribution < 1.29 is 23.5 Å². The Hall–Kier alpha value is -3.82. The average Bonchev–Trinajstić information content (AvgIpc) is 3.06. The van der Waals surface area contributed by atoms with Gasteiger partial charge in [-0.05, 0) is 25.1 Å². The lowest BCUT2D eigenvalue weighted by atomic mass is 9.88. The standard InChI is InChI=1S/C20H21N3O7/c1-3-29-17(25)8-14-18(20(27)23-22-14)11(7-16(21)24)13-9-30-15-5-4-10(28-2)6-12(15)19(13)26/h4-6,9,11H,3,7-8H2,1-2H3,(H2,21,24)(H2,22,23,27). The van der Waals surface area contributed by atoms with E-state index in [0.29, 0.717) is 11.3 Å². The van der Waals surface area contributed by atoms with E-state index in [9.17, 15) is 19.2 Å². The van der Waals surface area contributed by atoms with E-state index in [2.05, 4.69) is 10.2 Å². The van der Waals surface area contributed by atoms with Crippen molar-refractivity contribution in [2.24, 2.45) is 5.73 Å². The number of aromatic amines is 2. The van der Waals surface area contributed by atoms with Gasteiger partial charge in [0, 0.05) is 23.5 Å². The van der Waals surface area contributed by atoms with Gasteiger partial charge in [0.15, 0.2) is 5.43 Å². The lowest BCUT2D eigenvalue weighted by molar-refractivity contribution is -0.142. The summed E-state index contributed by atoms with van der Waals surface area (Å²) >= 11 is 0. The van der Waals surface area contributed by atoms with Crippen molar-refractivity contribution in [1.29, 1.82) is 0 Å². The maximum Gasteiger partial charge on any atom is 0.311 e. The van der Waals surface area contributed by atoms with Crippen molar-refractivity contribution in [2.75, 3.05) is 13.7 Å². The summed E-state index contributed by atoms with van der Waals surface area (Å²) in [5.41, 5.74) is 5.00. The van der Waals surface area contributed by atoms with Crippen LogP contribution < -0.4 is 21.5 Å². The van der Waals surface area contributed by atoms with Crippen LogP contribution in [0.3, 0.4) is 0 Å². The number of esters is 1. The molecular formula is C20H21N3O7. The molecule has 0 fully saturated rings. The highest BCUT2D eigenvalue weighted by Gasteiger charge is 2.29. The molecule has 10 heteroatoms. The molecule has 10 nitrogen and oxygen atoms in total. The van der Waals surface area contributed by atoms with Crippen LogP contribution in [0.1, 0.15) is 36.1 Å². The zero-order valence-corrected chi connectivity index (χ0v) is 16.4. The van der Waals surface area contributed by atoms with E-state index in [-0.39, 0.29) is 41.7 Å². The van der Waals surface area contributed by atoms with Crippen LogP contribution in [-0.2, 0) is 20.7 Å². The Morgan fingerprint density at radius 2 is 2.00 bits per heavy atom. The van der Waals surface area contributed by atoms with Gasteiger partial charge in [-0.1, -0.05) is 0 Å². The van der Waals surface area contributed by atoms with Crippen LogP contribution in [0.5, 0.6) is 5.75 Å². The molecule has 0 aliphatic rings. The molecule has 30 heavy (non-hydrogen) atoms. The summed E-state index contributed by atoms with van der Waals surface area (Å²) < 4.78 is 15.6. The minimum Gasteiger partial charge on any atom is -0.497 e. The maximum absolute atomic E-state index is 13.2. The molecule has 158 valence electrons. The highest BCUT2D eigenvalue weighted by atomic mass is 16.5. The Bertz CT molecular complexity index is 1210. The van der Waals surface area contributed by atoms with Gasteiger partial charge in [-0.25, -0.2) is 0 Å². The van der Waals surface area contributed by atoms with Gasteiger partial charge in [0.1, 0.15) is 11.3 Å². The molecule has 0 radical (unpaired) electrons. The number of carbonyl (C=O) groups is 2. The summed E-state index contributed by atoms with van der Waals surface area (Å²) in [5.74, 6) is -1.87. The van der Waals surface area contributed by atoms with Crippen molar-refractivity contribution in [3.63, 3.8) is 0 Å². The number of ether oxygens (including phenoxy) is 2. The second kappa shape index (κ2) is 8.68. The number of benzene rings is 1. The Balaban J connectivity index is 2.17. The molecule has 0 spiro atoms. The van der Waals surface area contributed by atoms with E-state index in [1.54, 1.807) is 19.1 Å². The van der Waals surface area contributed by atoms with Crippen molar-refractivity contribution >= 4 is 22.8 Å². The summed E-state index contributed by atoms with van der Waals surface area (Å²) in [6.45, 7) is 1.83. The number of primary amides is 1. The third-order valence-corrected chi connectivity index (χ3v) is 4.66. The fraction of sp³-hybridized carbons (Fsp3) is 0.300. The van der Waals surface area contributed by atoms with E-state index in [1.807, 2.05) is 0 Å². The zero-order valence-electron chi connectivity index (χ0n) is 16.4. The quantitative estimate of drug-likeness (QED) is 0.462. The first-order valence-electron chi connectivity index (χ1n) is 9.18. The van der Waals surface area contributed by atoms with Gasteiger partial charge in [-0.3, -0.25) is 24.3 Å². The molecule has 0 aliphatic carbocycles. The van der Waals surface area contributed by atoms with Gasteiger partial charge in [0.05, 0.1) is 37.5 Å². The van der Waals surface area contributed by atoms with E-state index < -0.39 is 28.8 Å². The van der Waals surface area contributed by atoms with Gasteiger partial charge in [0.2, 0.25) is 5.91 Å². The predicted molar refractivity (Wildman–Crippen MR) is 106 cm³/mol. The normalized spacial score (nSPS) is 11.9. The van der Waals surface area contributed by atoms with Crippen LogP contribution in [0.4, 0.5) is 0 Å². The molecule has 0 saturated carbocycles. The highest BCUT2D eigenvalue weighted by molar-refractivity contribution is 5.80. The number of hydrogen-bond acceptors (Lipinski definition) is 7. The molecule has 1 amide bonds. The number of rotatable bonds is 8. The van der Waals surface area contributed by atoms with Crippen molar-refractivity contribution in [2.45, 2.75) is 25.7 Å². The number of nitrogens with two attached hydrogens (primary N) is 1. The summed E-state index contributed by atoms with van der Waals surface area (Å²) in [6, 6.07) is 4.73. The SMILES string of the molecule is CCOC(=O)Cc1[nH][nH]c(=O)c1C(CC(N)=O)c1coc2ccc(OC)cc2c1=O. The minimum absolute atomic E-state index is 0.0522. The second-order valence-electron chi connectivity index (χ2n) is 6.56. The lowest BCUT2D eigenvalue weighted by Gasteiger charge is -2.15. The first-order chi connectivity index (χ1) is 14.3. The highest BCUT2D eigenvalue weighted by Crippen LogP contribution is 2.28. The fourth-order valence-electron chi connectivity index (χ4n) is 3.33. The number of fused-ring (bicyclic) bond motifs is 1. The number of H-pyrrole nitrogens is 2. The summed E-state index contributed by atoms with van der Waals surface area (Å²) in [6.07, 6.45) is 0.617. The average molecular weight is 415 g/mol. The van der Waals surface area contributed by atoms with Gasteiger partial charge in [-0.15, -0.1) is 0 Å². The van der Waals surface area contributed by atoms with Gasteiger partial charge >= 0.3 is 5.97 Å². The first-order valence-corrected chi connectivity index (χ1v) is 9.18. The molecule has 0 aliphatic heterocycles. The Kier molecular flexibility index (Phi) is 6.05. The molecule has 4 N–H and O–H groups in total. The number of hydrogen-bond donors (Lipinski definition) is 3. The van der Waals surface area contributed by atoms with Crippen molar-refractivity contribution in [1.82, 2.24) is 10.2 Å². The third-order valence-electron chi connectivity index (χ3n) is 4.66. The Morgan fingerprint density at radius 3 is 2.67 bits per heavy atom. The number of nitrogens with one attached hydrogen (secondary N) is 2. The smallest absolute Gasteiger partial charge is 0.311 e. The van der Waals surface area contributed by atoms with Crippen LogP contribution in [0.25, 0.3) is 11.0 Å². The molecule has 1 unspecified atom stereocenters. The lowest BCUT2D eigenvalue weighted by Crippen LogP contribution is -2.25.